The molecule has 0 saturated carbocycles. The van der Waals surface area contributed by atoms with Crippen molar-refractivity contribution in [2.45, 2.75) is 18.6 Å². The van der Waals surface area contributed by atoms with Crippen molar-refractivity contribution in [3.63, 3.8) is 0 Å². The lowest BCUT2D eigenvalue weighted by Gasteiger charge is -2.15. The molecule has 3 heterocycles. The van der Waals surface area contributed by atoms with Gasteiger partial charge in [0.2, 0.25) is 5.91 Å². The SMILES string of the molecule is Cc1nc(C(=O)Nc2cn(C)nc2N2CC(SO)CC2=O)co1. The van der Waals surface area contributed by atoms with Crippen molar-refractivity contribution in [1.82, 2.24) is 14.8 Å². The molecule has 1 aliphatic rings. The molecule has 2 aromatic heterocycles. The molecule has 0 aliphatic carbocycles. The molecule has 23 heavy (non-hydrogen) atoms. The highest BCUT2D eigenvalue weighted by Gasteiger charge is 2.34. The Morgan fingerprint density at radius 2 is 2.35 bits per heavy atom. The fourth-order valence-corrected chi connectivity index (χ4v) is 2.80. The smallest absolute Gasteiger partial charge is 0.277 e. The molecule has 122 valence electrons. The van der Waals surface area contributed by atoms with E-state index in [1.807, 2.05) is 0 Å². The summed E-state index contributed by atoms with van der Waals surface area (Å²) in [5, 5.41) is 6.72. The number of nitrogens with one attached hydrogen (secondary N) is 1. The molecule has 10 heteroatoms. The van der Waals surface area contributed by atoms with Gasteiger partial charge in [0.1, 0.15) is 12.0 Å². The molecule has 0 bridgehead atoms. The number of hydrogen-bond acceptors (Lipinski definition) is 7. The molecule has 1 unspecified atom stereocenters. The average Bonchev–Trinajstić information content (AvgIpc) is 3.18. The number of rotatable bonds is 4. The predicted octanol–water partition coefficient (Wildman–Crippen LogP) is 1.28. The Kier molecular flexibility index (Phi) is 4.09. The van der Waals surface area contributed by atoms with Gasteiger partial charge in [0.15, 0.2) is 17.4 Å². The Bertz CT molecular complexity index is 755. The summed E-state index contributed by atoms with van der Waals surface area (Å²) in [6.45, 7) is 1.98. The number of amides is 2. The molecule has 0 aromatic carbocycles. The number of anilines is 2. The number of aromatic nitrogens is 3. The third-order valence-electron chi connectivity index (χ3n) is 3.40. The second-order valence-corrected chi connectivity index (χ2v) is 6.06. The highest BCUT2D eigenvalue weighted by Crippen LogP contribution is 2.31. The zero-order valence-electron chi connectivity index (χ0n) is 12.5. The van der Waals surface area contributed by atoms with Crippen LogP contribution >= 0.6 is 12.0 Å². The third kappa shape index (κ3) is 3.08. The first-order valence-corrected chi connectivity index (χ1v) is 7.69. The van der Waals surface area contributed by atoms with E-state index in [-0.39, 0.29) is 23.3 Å². The molecular weight excluding hydrogens is 322 g/mol. The van der Waals surface area contributed by atoms with Gasteiger partial charge in [-0.3, -0.25) is 19.2 Å². The summed E-state index contributed by atoms with van der Waals surface area (Å²) >= 11 is 0.654. The third-order valence-corrected chi connectivity index (χ3v) is 4.02. The maximum absolute atomic E-state index is 12.2. The Hall–Kier alpha value is -2.33. The van der Waals surface area contributed by atoms with Crippen molar-refractivity contribution >= 4 is 35.4 Å². The summed E-state index contributed by atoms with van der Waals surface area (Å²) in [5.41, 5.74) is 0.545. The highest BCUT2D eigenvalue weighted by atomic mass is 32.2. The Labute approximate surface area is 135 Å². The first-order chi connectivity index (χ1) is 11.0. The van der Waals surface area contributed by atoms with Crippen LogP contribution in [0.4, 0.5) is 11.5 Å². The highest BCUT2D eigenvalue weighted by molar-refractivity contribution is 7.94. The van der Waals surface area contributed by atoms with Gasteiger partial charge in [0.05, 0.1) is 11.4 Å². The van der Waals surface area contributed by atoms with Crippen molar-refractivity contribution in [2.75, 3.05) is 16.8 Å². The number of nitrogens with zero attached hydrogens (tertiary/aromatic N) is 4. The van der Waals surface area contributed by atoms with Crippen LogP contribution < -0.4 is 10.2 Å². The number of aryl methyl sites for hydroxylation is 2. The number of hydrogen-bond donors (Lipinski definition) is 2. The van der Waals surface area contributed by atoms with Crippen molar-refractivity contribution < 1.29 is 18.6 Å². The van der Waals surface area contributed by atoms with E-state index in [1.54, 1.807) is 20.2 Å². The summed E-state index contributed by atoms with van der Waals surface area (Å²) < 4.78 is 15.7. The largest absolute Gasteiger partial charge is 0.448 e. The van der Waals surface area contributed by atoms with Crippen LogP contribution in [0.2, 0.25) is 0 Å². The Morgan fingerprint density at radius 3 is 2.96 bits per heavy atom. The van der Waals surface area contributed by atoms with E-state index in [0.29, 0.717) is 36.0 Å². The van der Waals surface area contributed by atoms with Crippen molar-refractivity contribution in [3.05, 3.63) is 24.0 Å². The van der Waals surface area contributed by atoms with Gasteiger partial charge in [-0.2, -0.15) is 5.10 Å². The number of carbonyl (C=O) groups is 2. The summed E-state index contributed by atoms with van der Waals surface area (Å²) in [4.78, 5) is 29.7. The van der Waals surface area contributed by atoms with Crippen LogP contribution in [0.3, 0.4) is 0 Å². The number of oxazole rings is 1. The molecule has 2 amide bonds. The zero-order chi connectivity index (χ0) is 16.6. The van der Waals surface area contributed by atoms with E-state index in [1.165, 1.54) is 15.8 Å². The van der Waals surface area contributed by atoms with Gasteiger partial charge in [-0.25, -0.2) is 4.98 Å². The quantitative estimate of drug-likeness (QED) is 0.808. The molecule has 2 aromatic rings. The summed E-state index contributed by atoms with van der Waals surface area (Å²) in [6.07, 6.45) is 3.10. The van der Waals surface area contributed by atoms with Crippen LogP contribution in [-0.4, -0.2) is 42.9 Å². The Balaban J connectivity index is 1.83. The summed E-state index contributed by atoms with van der Waals surface area (Å²) in [7, 11) is 1.69. The van der Waals surface area contributed by atoms with E-state index in [4.69, 9.17) is 8.97 Å². The Morgan fingerprint density at radius 1 is 1.57 bits per heavy atom. The van der Waals surface area contributed by atoms with Gasteiger partial charge in [-0.1, -0.05) is 0 Å². The van der Waals surface area contributed by atoms with E-state index >= 15 is 0 Å². The fourth-order valence-electron chi connectivity index (χ4n) is 2.37. The molecule has 1 fully saturated rings. The lowest BCUT2D eigenvalue weighted by molar-refractivity contribution is -0.117. The van der Waals surface area contributed by atoms with Crippen molar-refractivity contribution in [2.24, 2.45) is 7.05 Å². The van der Waals surface area contributed by atoms with Crippen LogP contribution in [0, 0.1) is 6.92 Å². The lowest BCUT2D eigenvalue weighted by atomic mass is 10.4. The van der Waals surface area contributed by atoms with E-state index in [2.05, 4.69) is 15.4 Å². The normalized spacial score (nSPS) is 17.8. The van der Waals surface area contributed by atoms with Gasteiger partial charge < -0.3 is 14.3 Å². The molecule has 2 N–H and O–H groups in total. The molecule has 0 spiro atoms. The van der Waals surface area contributed by atoms with Crippen LogP contribution in [0.5, 0.6) is 0 Å². The van der Waals surface area contributed by atoms with Crippen LogP contribution in [-0.2, 0) is 11.8 Å². The zero-order valence-corrected chi connectivity index (χ0v) is 13.3. The average molecular weight is 337 g/mol. The second kappa shape index (κ2) is 6.05. The van der Waals surface area contributed by atoms with Crippen LogP contribution in [0.25, 0.3) is 0 Å². The fraction of sp³-hybridized carbons (Fsp3) is 0.385. The van der Waals surface area contributed by atoms with Crippen molar-refractivity contribution in [1.29, 1.82) is 0 Å². The molecule has 1 saturated heterocycles. The molecular formula is C13H15N5O4S. The van der Waals surface area contributed by atoms with Gasteiger partial charge in [-0.05, 0) is 12.0 Å². The minimum absolute atomic E-state index is 0.147. The topological polar surface area (TPSA) is 113 Å². The molecule has 0 radical (unpaired) electrons. The second-order valence-electron chi connectivity index (χ2n) is 5.18. The monoisotopic (exact) mass is 337 g/mol. The minimum Gasteiger partial charge on any atom is -0.448 e. The van der Waals surface area contributed by atoms with Gasteiger partial charge >= 0.3 is 0 Å². The first kappa shape index (κ1) is 15.6. The molecule has 1 atom stereocenters. The summed E-state index contributed by atoms with van der Waals surface area (Å²) in [5.74, 6) is 0.139. The van der Waals surface area contributed by atoms with E-state index < -0.39 is 5.91 Å². The molecule has 3 rings (SSSR count). The summed E-state index contributed by atoms with van der Waals surface area (Å²) in [6, 6.07) is 0. The van der Waals surface area contributed by atoms with E-state index in [0.717, 1.165) is 0 Å². The van der Waals surface area contributed by atoms with Gasteiger partial charge in [0.25, 0.3) is 5.91 Å². The van der Waals surface area contributed by atoms with Gasteiger partial charge in [0, 0.05) is 26.9 Å². The first-order valence-electron chi connectivity index (χ1n) is 6.85. The van der Waals surface area contributed by atoms with Crippen LogP contribution in [0.15, 0.2) is 16.9 Å². The maximum Gasteiger partial charge on any atom is 0.277 e. The standard InChI is InChI=1S/C13H15N5O4S/c1-7-14-10(6-22-7)13(20)15-9-5-17(2)16-12(9)18-4-8(23-21)3-11(18)19/h5-6,8,21H,3-4H2,1-2H3,(H,15,20). The molecule has 1 aliphatic heterocycles. The predicted molar refractivity (Wildman–Crippen MR) is 83.4 cm³/mol. The maximum atomic E-state index is 12.2. The van der Waals surface area contributed by atoms with Crippen molar-refractivity contribution in [3.8, 4) is 0 Å². The van der Waals surface area contributed by atoms with Crippen LogP contribution in [0.1, 0.15) is 22.8 Å². The lowest BCUT2D eigenvalue weighted by Crippen LogP contribution is -2.27. The van der Waals surface area contributed by atoms with Gasteiger partial charge in [-0.15, -0.1) is 0 Å². The number of carbonyl (C=O) groups excluding carboxylic acids is 2. The van der Waals surface area contributed by atoms with E-state index in [9.17, 15) is 9.59 Å². The molecule has 9 nitrogen and oxygen atoms in total. The minimum atomic E-state index is -0.448.